The van der Waals surface area contributed by atoms with Crippen LogP contribution in [0, 0.1) is 0 Å². The highest BCUT2D eigenvalue weighted by Crippen LogP contribution is 2.39. The van der Waals surface area contributed by atoms with Crippen LogP contribution in [0.15, 0.2) is 18.2 Å². The second-order valence-corrected chi connectivity index (χ2v) is 5.73. The molecular formula is C17H23NO5. The minimum atomic E-state index is -0.492. The molecule has 126 valence electrons. The maximum Gasteiger partial charge on any atom is 0.254 e. The summed E-state index contributed by atoms with van der Waals surface area (Å²) >= 11 is 0. The molecule has 0 saturated carbocycles. The molecule has 2 aliphatic rings. The number of likely N-dealkylation sites (tertiary alicyclic amines) is 1. The van der Waals surface area contributed by atoms with Gasteiger partial charge in [-0.15, -0.1) is 0 Å². The Kier molecular flexibility index (Phi) is 5.03. The molecular weight excluding hydrogens is 298 g/mol. The molecule has 6 heteroatoms. The highest BCUT2D eigenvalue weighted by molar-refractivity contribution is 5.82. The third-order valence-corrected chi connectivity index (χ3v) is 4.43. The normalized spacial score (nSPS) is 24.5. The van der Waals surface area contributed by atoms with Gasteiger partial charge in [0.1, 0.15) is 11.5 Å². The van der Waals surface area contributed by atoms with Gasteiger partial charge in [-0.2, -0.15) is 0 Å². The summed E-state index contributed by atoms with van der Waals surface area (Å²) in [5.41, 5.74) is 1.01. The zero-order valence-corrected chi connectivity index (χ0v) is 13.6. The fourth-order valence-corrected chi connectivity index (χ4v) is 3.26. The van der Waals surface area contributed by atoms with Crippen molar-refractivity contribution in [1.82, 2.24) is 4.90 Å². The molecule has 6 nitrogen and oxygen atoms in total. The maximum absolute atomic E-state index is 12.8. The van der Waals surface area contributed by atoms with E-state index in [-0.39, 0.29) is 11.9 Å². The standard InChI is InChI=1S/C17H23NO5/c1-20-12-5-6-13(15(10-12)21-2)14-4-3-7-18(14)17(19)16-11-22-8-9-23-16/h5-6,10,14,16H,3-4,7-9,11H2,1-2H3/t14-,16-/m1/s1. The van der Waals surface area contributed by atoms with E-state index in [0.717, 1.165) is 36.4 Å². The molecule has 0 radical (unpaired) electrons. The Morgan fingerprint density at radius 2 is 2.13 bits per heavy atom. The summed E-state index contributed by atoms with van der Waals surface area (Å²) in [7, 11) is 3.26. The average Bonchev–Trinajstić information content (AvgIpc) is 3.10. The van der Waals surface area contributed by atoms with Gasteiger partial charge in [0, 0.05) is 18.2 Å². The molecule has 2 fully saturated rings. The summed E-state index contributed by atoms with van der Waals surface area (Å²) in [5, 5.41) is 0. The Hall–Kier alpha value is -1.79. The minimum Gasteiger partial charge on any atom is -0.497 e. The fourth-order valence-electron chi connectivity index (χ4n) is 3.26. The van der Waals surface area contributed by atoms with Gasteiger partial charge in [-0.05, 0) is 25.0 Å². The Labute approximate surface area is 136 Å². The SMILES string of the molecule is COc1ccc([C@H]2CCCN2C(=O)[C@H]2COCCO2)c(OC)c1. The number of hydrogen-bond donors (Lipinski definition) is 0. The van der Waals surface area contributed by atoms with Gasteiger partial charge in [-0.25, -0.2) is 0 Å². The van der Waals surface area contributed by atoms with Crippen LogP contribution in [0.1, 0.15) is 24.4 Å². The van der Waals surface area contributed by atoms with Gasteiger partial charge >= 0.3 is 0 Å². The first-order valence-electron chi connectivity index (χ1n) is 7.96. The van der Waals surface area contributed by atoms with E-state index in [2.05, 4.69) is 0 Å². The van der Waals surface area contributed by atoms with Crippen LogP contribution in [0.5, 0.6) is 11.5 Å². The number of ether oxygens (including phenoxy) is 4. The number of benzene rings is 1. The lowest BCUT2D eigenvalue weighted by Gasteiger charge is -2.31. The number of hydrogen-bond acceptors (Lipinski definition) is 5. The Morgan fingerprint density at radius 3 is 2.83 bits per heavy atom. The third kappa shape index (κ3) is 3.28. The van der Waals surface area contributed by atoms with Crippen molar-refractivity contribution in [2.75, 3.05) is 40.6 Å². The van der Waals surface area contributed by atoms with E-state index in [9.17, 15) is 4.79 Å². The number of carbonyl (C=O) groups is 1. The summed E-state index contributed by atoms with van der Waals surface area (Å²) < 4.78 is 21.7. The Balaban J connectivity index is 1.82. The van der Waals surface area contributed by atoms with Crippen LogP contribution in [-0.4, -0.2) is 57.5 Å². The van der Waals surface area contributed by atoms with Gasteiger partial charge in [-0.3, -0.25) is 4.79 Å². The zero-order chi connectivity index (χ0) is 16.2. The van der Waals surface area contributed by atoms with Crippen molar-refractivity contribution in [3.05, 3.63) is 23.8 Å². The summed E-state index contributed by atoms with van der Waals surface area (Å²) in [4.78, 5) is 14.7. The van der Waals surface area contributed by atoms with Crippen LogP contribution in [0.4, 0.5) is 0 Å². The van der Waals surface area contributed by atoms with Crippen LogP contribution in [0.3, 0.4) is 0 Å². The van der Waals surface area contributed by atoms with Crippen molar-refractivity contribution < 1.29 is 23.7 Å². The molecule has 2 saturated heterocycles. The van der Waals surface area contributed by atoms with Gasteiger partial charge < -0.3 is 23.8 Å². The van der Waals surface area contributed by atoms with Crippen molar-refractivity contribution in [3.63, 3.8) is 0 Å². The van der Waals surface area contributed by atoms with Gasteiger partial charge in [0.05, 0.1) is 40.1 Å². The van der Waals surface area contributed by atoms with Gasteiger partial charge in [0.15, 0.2) is 6.10 Å². The van der Waals surface area contributed by atoms with E-state index in [4.69, 9.17) is 18.9 Å². The molecule has 0 bridgehead atoms. The Bertz CT molecular complexity index is 556. The van der Waals surface area contributed by atoms with E-state index in [1.807, 2.05) is 23.1 Å². The molecule has 0 unspecified atom stereocenters. The molecule has 1 amide bonds. The van der Waals surface area contributed by atoms with E-state index >= 15 is 0 Å². The van der Waals surface area contributed by atoms with Crippen molar-refractivity contribution in [3.8, 4) is 11.5 Å². The molecule has 1 aromatic rings. The van der Waals surface area contributed by atoms with Gasteiger partial charge in [-0.1, -0.05) is 0 Å². The molecule has 0 spiro atoms. The molecule has 23 heavy (non-hydrogen) atoms. The number of rotatable bonds is 4. The topological polar surface area (TPSA) is 57.2 Å². The van der Waals surface area contributed by atoms with Crippen molar-refractivity contribution >= 4 is 5.91 Å². The predicted molar refractivity (Wildman–Crippen MR) is 83.8 cm³/mol. The lowest BCUT2D eigenvalue weighted by molar-refractivity contribution is -0.158. The molecule has 2 atom stereocenters. The molecule has 0 N–H and O–H groups in total. The van der Waals surface area contributed by atoms with Crippen molar-refractivity contribution in [2.45, 2.75) is 25.0 Å². The van der Waals surface area contributed by atoms with Gasteiger partial charge in [0.25, 0.3) is 5.91 Å². The van der Waals surface area contributed by atoms with E-state index in [1.54, 1.807) is 14.2 Å². The lowest BCUT2D eigenvalue weighted by atomic mass is 10.0. The molecule has 2 aliphatic heterocycles. The number of nitrogens with zero attached hydrogens (tertiary/aromatic N) is 1. The van der Waals surface area contributed by atoms with Crippen LogP contribution in [0.2, 0.25) is 0 Å². The van der Waals surface area contributed by atoms with Crippen LogP contribution in [-0.2, 0) is 14.3 Å². The first-order chi connectivity index (χ1) is 11.2. The first kappa shape index (κ1) is 16.1. The minimum absolute atomic E-state index is 0.00470. The first-order valence-corrected chi connectivity index (χ1v) is 7.96. The van der Waals surface area contributed by atoms with E-state index < -0.39 is 6.10 Å². The quantitative estimate of drug-likeness (QED) is 0.846. The predicted octanol–water partition coefficient (Wildman–Crippen LogP) is 1.78. The van der Waals surface area contributed by atoms with Crippen molar-refractivity contribution in [2.24, 2.45) is 0 Å². The van der Waals surface area contributed by atoms with Gasteiger partial charge in [0.2, 0.25) is 0 Å². The smallest absolute Gasteiger partial charge is 0.254 e. The lowest BCUT2D eigenvalue weighted by Crippen LogP contribution is -2.45. The van der Waals surface area contributed by atoms with E-state index in [1.165, 1.54) is 0 Å². The zero-order valence-electron chi connectivity index (χ0n) is 13.6. The fraction of sp³-hybridized carbons (Fsp3) is 0.588. The highest BCUT2D eigenvalue weighted by Gasteiger charge is 2.36. The number of methoxy groups -OCH3 is 2. The maximum atomic E-state index is 12.8. The molecule has 1 aromatic carbocycles. The second kappa shape index (κ2) is 7.19. The largest absolute Gasteiger partial charge is 0.497 e. The summed E-state index contributed by atoms with van der Waals surface area (Å²) in [6, 6.07) is 5.75. The number of carbonyl (C=O) groups excluding carboxylic acids is 1. The monoisotopic (exact) mass is 321 g/mol. The molecule has 0 aromatic heterocycles. The van der Waals surface area contributed by atoms with Crippen molar-refractivity contribution in [1.29, 1.82) is 0 Å². The molecule has 3 rings (SSSR count). The molecule has 2 heterocycles. The summed E-state index contributed by atoms with van der Waals surface area (Å²) in [6.45, 7) is 2.10. The summed E-state index contributed by atoms with van der Waals surface area (Å²) in [5.74, 6) is 1.49. The Morgan fingerprint density at radius 1 is 1.26 bits per heavy atom. The summed E-state index contributed by atoms with van der Waals surface area (Å²) in [6.07, 6.45) is 1.40. The van der Waals surface area contributed by atoms with Crippen LogP contribution < -0.4 is 9.47 Å². The highest BCUT2D eigenvalue weighted by atomic mass is 16.6. The third-order valence-electron chi connectivity index (χ3n) is 4.43. The van der Waals surface area contributed by atoms with Crippen LogP contribution >= 0.6 is 0 Å². The average molecular weight is 321 g/mol. The van der Waals surface area contributed by atoms with Crippen LogP contribution in [0.25, 0.3) is 0 Å². The van der Waals surface area contributed by atoms with E-state index in [0.29, 0.717) is 19.8 Å². The molecule has 0 aliphatic carbocycles. The number of amides is 1. The second-order valence-electron chi connectivity index (χ2n) is 5.73.